The van der Waals surface area contributed by atoms with Crippen molar-refractivity contribution in [3.8, 4) is 5.75 Å². The summed E-state index contributed by atoms with van der Waals surface area (Å²) in [6.07, 6.45) is 5.87. The van der Waals surface area contributed by atoms with Crippen LogP contribution in [0.2, 0.25) is 0 Å². The van der Waals surface area contributed by atoms with Gasteiger partial charge in [0.1, 0.15) is 5.75 Å². The highest BCUT2D eigenvalue weighted by Gasteiger charge is 2.23. The van der Waals surface area contributed by atoms with Crippen LogP contribution in [0.25, 0.3) is 6.08 Å². The monoisotopic (exact) mass is 421 g/mol. The fourth-order valence-electron chi connectivity index (χ4n) is 3.55. The molecule has 0 aromatic heterocycles. The first kappa shape index (κ1) is 22.4. The van der Waals surface area contributed by atoms with E-state index in [0.29, 0.717) is 0 Å². The van der Waals surface area contributed by atoms with Gasteiger partial charge in [0.15, 0.2) is 0 Å². The number of nitrogens with zero attached hydrogens (tertiary/aromatic N) is 1. The predicted molar refractivity (Wildman–Crippen MR) is 125 cm³/mol. The van der Waals surface area contributed by atoms with Gasteiger partial charge < -0.3 is 20.7 Å². The molecule has 2 aromatic rings. The smallest absolute Gasteiger partial charge is 0.248 e. The summed E-state index contributed by atoms with van der Waals surface area (Å²) in [7, 11) is 0. The van der Waals surface area contributed by atoms with E-state index in [1.807, 2.05) is 55.5 Å². The zero-order valence-corrected chi connectivity index (χ0v) is 18.2. The van der Waals surface area contributed by atoms with Gasteiger partial charge in [-0.05, 0) is 62.6 Å². The highest BCUT2D eigenvalue weighted by Crippen LogP contribution is 2.25. The van der Waals surface area contributed by atoms with Crippen molar-refractivity contribution < 1.29 is 14.3 Å². The van der Waals surface area contributed by atoms with Gasteiger partial charge >= 0.3 is 0 Å². The fourth-order valence-corrected chi connectivity index (χ4v) is 3.55. The number of carbonyl (C=O) groups is 2. The quantitative estimate of drug-likeness (QED) is 0.625. The zero-order valence-electron chi connectivity index (χ0n) is 18.2. The normalized spacial score (nSPS) is 15.6. The maximum atomic E-state index is 12.4. The Labute approximate surface area is 184 Å². The van der Waals surface area contributed by atoms with Crippen LogP contribution in [0.15, 0.2) is 54.6 Å². The lowest BCUT2D eigenvalue weighted by Gasteiger charge is -2.32. The van der Waals surface area contributed by atoms with Crippen molar-refractivity contribution in [2.45, 2.75) is 39.2 Å². The van der Waals surface area contributed by atoms with Gasteiger partial charge in [-0.2, -0.15) is 0 Å². The summed E-state index contributed by atoms with van der Waals surface area (Å²) < 4.78 is 5.92. The summed E-state index contributed by atoms with van der Waals surface area (Å²) >= 11 is 0. The number of nitrogens with one attached hydrogen (secondary N) is 1. The van der Waals surface area contributed by atoms with E-state index >= 15 is 0 Å². The highest BCUT2D eigenvalue weighted by molar-refractivity contribution is 6.02. The fraction of sp³-hybridized carbons (Fsp3) is 0.360. The molecule has 0 bridgehead atoms. The zero-order chi connectivity index (χ0) is 22.2. The number of nitrogens with two attached hydrogens (primary N) is 1. The molecule has 1 atom stereocenters. The van der Waals surface area contributed by atoms with Gasteiger partial charge in [-0.3, -0.25) is 9.59 Å². The van der Waals surface area contributed by atoms with Crippen LogP contribution < -0.4 is 20.7 Å². The van der Waals surface area contributed by atoms with E-state index in [4.69, 9.17) is 10.5 Å². The summed E-state index contributed by atoms with van der Waals surface area (Å²) in [5.74, 6) is 0.334. The van der Waals surface area contributed by atoms with E-state index in [9.17, 15) is 9.59 Å². The van der Waals surface area contributed by atoms with Gasteiger partial charge in [0.05, 0.1) is 6.10 Å². The first-order valence-corrected chi connectivity index (χ1v) is 10.9. The number of rotatable bonds is 8. The molecular formula is C25H31N3O3. The summed E-state index contributed by atoms with van der Waals surface area (Å²) in [4.78, 5) is 25.9. The lowest BCUT2D eigenvalue weighted by molar-refractivity contribution is -0.122. The van der Waals surface area contributed by atoms with Crippen molar-refractivity contribution in [2.24, 2.45) is 11.7 Å². The van der Waals surface area contributed by atoms with Gasteiger partial charge in [0, 0.05) is 42.0 Å². The average Bonchev–Trinajstić information content (AvgIpc) is 2.79. The van der Waals surface area contributed by atoms with Crippen LogP contribution in [0, 0.1) is 5.92 Å². The van der Waals surface area contributed by atoms with Crippen molar-refractivity contribution in [1.82, 2.24) is 0 Å². The molecule has 6 heteroatoms. The first-order chi connectivity index (χ1) is 15.0. The van der Waals surface area contributed by atoms with Crippen LogP contribution in [0.4, 0.5) is 11.4 Å². The summed E-state index contributed by atoms with van der Waals surface area (Å²) in [5.41, 5.74) is 8.08. The predicted octanol–water partition coefficient (Wildman–Crippen LogP) is 4.22. The standard InChI is InChI=1S/C25H31N3O3/c1-3-18(2)31-23-7-5-4-6-19(23)8-13-24(29)27-21-9-11-22(12-10-21)28-16-14-20(15-17-28)25(26)30/h4-13,18,20H,3,14-17H2,1-2H3,(H2,26,30)(H,27,29). The van der Waals surface area contributed by atoms with Gasteiger partial charge in [0.25, 0.3) is 0 Å². The van der Waals surface area contributed by atoms with E-state index in [2.05, 4.69) is 17.1 Å². The molecule has 6 nitrogen and oxygen atoms in total. The molecule has 3 N–H and O–H groups in total. The minimum Gasteiger partial charge on any atom is -0.490 e. The summed E-state index contributed by atoms with van der Waals surface area (Å²) in [6.45, 7) is 5.71. The van der Waals surface area contributed by atoms with Crippen molar-refractivity contribution >= 4 is 29.3 Å². The molecule has 1 saturated heterocycles. The van der Waals surface area contributed by atoms with E-state index < -0.39 is 0 Å². The third-order valence-electron chi connectivity index (χ3n) is 5.63. The van der Waals surface area contributed by atoms with E-state index in [1.165, 1.54) is 6.08 Å². The van der Waals surface area contributed by atoms with E-state index in [0.717, 1.165) is 55.0 Å². The van der Waals surface area contributed by atoms with Crippen LogP contribution in [0.3, 0.4) is 0 Å². The van der Waals surface area contributed by atoms with Gasteiger partial charge in [-0.25, -0.2) is 0 Å². The first-order valence-electron chi connectivity index (χ1n) is 10.9. The number of amides is 2. The molecule has 3 rings (SSSR count). The van der Waals surface area contributed by atoms with Crippen LogP contribution in [-0.2, 0) is 9.59 Å². The summed E-state index contributed by atoms with van der Waals surface area (Å²) in [5, 5.41) is 2.89. The Morgan fingerprint density at radius 1 is 1.16 bits per heavy atom. The van der Waals surface area contributed by atoms with Crippen molar-refractivity contribution in [3.05, 3.63) is 60.2 Å². The SMILES string of the molecule is CCC(C)Oc1ccccc1C=CC(=O)Nc1ccc(N2CCC(C(N)=O)CC2)cc1. The Hall–Kier alpha value is -3.28. The van der Waals surface area contributed by atoms with Crippen molar-refractivity contribution in [3.63, 3.8) is 0 Å². The van der Waals surface area contributed by atoms with Crippen molar-refractivity contribution in [1.29, 1.82) is 0 Å². The summed E-state index contributed by atoms with van der Waals surface area (Å²) in [6, 6.07) is 15.4. The van der Waals surface area contributed by atoms with Crippen molar-refractivity contribution in [2.75, 3.05) is 23.3 Å². The Bertz CT molecular complexity index is 916. The Morgan fingerprint density at radius 2 is 1.84 bits per heavy atom. The second-order valence-electron chi connectivity index (χ2n) is 7.91. The largest absolute Gasteiger partial charge is 0.490 e. The third-order valence-corrected chi connectivity index (χ3v) is 5.63. The maximum Gasteiger partial charge on any atom is 0.248 e. The molecule has 2 aromatic carbocycles. The average molecular weight is 422 g/mol. The second-order valence-corrected chi connectivity index (χ2v) is 7.91. The molecule has 1 aliphatic heterocycles. The van der Waals surface area contributed by atoms with Crippen LogP contribution in [-0.4, -0.2) is 31.0 Å². The molecule has 1 aliphatic rings. The molecule has 0 aliphatic carbocycles. The highest BCUT2D eigenvalue weighted by atomic mass is 16.5. The Balaban J connectivity index is 1.56. The number of primary amides is 1. The molecule has 164 valence electrons. The minimum absolute atomic E-state index is 0.0256. The molecule has 0 saturated carbocycles. The van der Waals surface area contributed by atoms with E-state index in [-0.39, 0.29) is 23.8 Å². The molecular weight excluding hydrogens is 390 g/mol. The van der Waals surface area contributed by atoms with E-state index in [1.54, 1.807) is 6.08 Å². The molecule has 1 unspecified atom stereocenters. The topological polar surface area (TPSA) is 84.7 Å². The second kappa shape index (κ2) is 10.7. The number of benzene rings is 2. The molecule has 0 radical (unpaired) electrons. The van der Waals surface area contributed by atoms with Crippen LogP contribution in [0.1, 0.15) is 38.7 Å². The number of hydrogen-bond acceptors (Lipinski definition) is 4. The number of piperidine rings is 1. The van der Waals surface area contributed by atoms with Crippen LogP contribution >= 0.6 is 0 Å². The van der Waals surface area contributed by atoms with Crippen LogP contribution in [0.5, 0.6) is 5.75 Å². The third kappa shape index (κ3) is 6.35. The molecule has 1 heterocycles. The lowest BCUT2D eigenvalue weighted by atomic mass is 9.96. The lowest BCUT2D eigenvalue weighted by Crippen LogP contribution is -2.38. The molecule has 31 heavy (non-hydrogen) atoms. The number of hydrogen-bond donors (Lipinski definition) is 2. The maximum absolute atomic E-state index is 12.4. The minimum atomic E-state index is -0.208. The molecule has 0 spiro atoms. The number of anilines is 2. The Kier molecular flexibility index (Phi) is 7.70. The molecule has 1 fully saturated rings. The van der Waals surface area contributed by atoms with Gasteiger partial charge in [-0.1, -0.05) is 25.1 Å². The number of carbonyl (C=O) groups excluding carboxylic acids is 2. The number of para-hydroxylation sites is 1. The number of ether oxygens (including phenoxy) is 1. The van der Waals surface area contributed by atoms with Gasteiger partial charge in [-0.15, -0.1) is 0 Å². The molecule has 2 amide bonds. The Morgan fingerprint density at radius 3 is 2.48 bits per heavy atom. The van der Waals surface area contributed by atoms with Gasteiger partial charge in [0.2, 0.25) is 11.8 Å².